The van der Waals surface area contributed by atoms with Crippen molar-refractivity contribution in [2.24, 2.45) is 5.92 Å². The van der Waals surface area contributed by atoms with E-state index in [4.69, 9.17) is 0 Å². The number of alkyl halides is 3. The molecule has 1 N–H and O–H groups in total. The molecule has 1 atom stereocenters. The molecule has 10 heteroatoms. The van der Waals surface area contributed by atoms with Crippen molar-refractivity contribution in [3.05, 3.63) is 43.0 Å². The predicted molar refractivity (Wildman–Crippen MR) is 115 cm³/mol. The number of nitrogens with zero attached hydrogens (tertiary/aromatic N) is 3. The number of rotatable bonds is 5. The largest absolute Gasteiger partial charge is 0.392 e. The van der Waals surface area contributed by atoms with Crippen molar-refractivity contribution in [1.29, 1.82) is 0 Å². The molecule has 0 saturated heterocycles. The van der Waals surface area contributed by atoms with Gasteiger partial charge in [0.15, 0.2) is 0 Å². The van der Waals surface area contributed by atoms with Crippen molar-refractivity contribution in [3.8, 4) is 11.3 Å². The minimum absolute atomic E-state index is 0.0346. The van der Waals surface area contributed by atoms with Crippen LogP contribution in [0.1, 0.15) is 38.1 Å². The van der Waals surface area contributed by atoms with Crippen LogP contribution in [0.5, 0.6) is 0 Å². The van der Waals surface area contributed by atoms with Crippen molar-refractivity contribution >= 4 is 26.6 Å². The van der Waals surface area contributed by atoms with Gasteiger partial charge in [-0.25, -0.2) is 18.1 Å². The van der Waals surface area contributed by atoms with E-state index in [0.717, 1.165) is 29.6 Å². The van der Waals surface area contributed by atoms with Crippen LogP contribution in [0, 0.1) is 5.92 Å². The average Bonchev–Trinajstić information content (AvgIpc) is 3.38. The number of nitrogens with one attached hydrogen (secondary N) is 1. The van der Waals surface area contributed by atoms with Crippen LogP contribution < -0.4 is 4.72 Å². The second-order valence-corrected chi connectivity index (χ2v) is 10.3. The first-order valence-corrected chi connectivity index (χ1v) is 12.0. The lowest BCUT2D eigenvalue weighted by molar-refractivity contribution is -0.175. The van der Waals surface area contributed by atoms with Gasteiger partial charge < -0.3 is 9.13 Å². The van der Waals surface area contributed by atoms with Gasteiger partial charge in [0.05, 0.1) is 28.4 Å². The van der Waals surface area contributed by atoms with E-state index in [1.54, 1.807) is 24.5 Å². The Morgan fingerprint density at radius 2 is 1.94 bits per heavy atom. The molecule has 3 aromatic rings. The van der Waals surface area contributed by atoms with E-state index in [1.165, 1.54) is 13.1 Å². The Morgan fingerprint density at radius 1 is 1.16 bits per heavy atom. The van der Waals surface area contributed by atoms with Gasteiger partial charge in [0.25, 0.3) is 0 Å². The topological polar surface area (TPSA) is 68.9 Å². The highest BCUT2D eigenvalue weighted by atomic mass is 32.2. The molecule has 0 spiro atoms. The first-order chi connectivity index (χ1) is 15.2. The number of allylic oxidation sites excluding steroid dienone is 2. The van der Waals surface area contributed by atoms with Crippen LogP contribution in [-0.4, -0.2) is 35.8 Å². The van der Waals surface area contributed by atoms with E-state index in [-0.39, 0.29) is 17.7 Å². The molecular formula is C22H23F3N4O2S. The quantitative estimate of drug-likeness (QED) is 0.581. The maximum absolute atomic E-state index is 13.1. The third kappa shape index (κ3) is 3.75. The molecule has 0 radical (unpaired) electrons. The first-order valence-electron chi connectivity index (χ1n) is 10.6. The Labute approximate surface area is 183 Å². The Bertz CT molecular complexity index is 1320. The number of hydrogen-bond donors (Lipinski definition) is 1. The number of hydrogen-bond acceptors (Lipinski definition) is 3. The van der Waals surface area contributed by atoms with Gasteiger partial charge in [-0.15, -0.1) is 0 Å². The van der Waals surface area contributed by atoms with Crippen LogP contribution in [0.15, 0.2) is 47.9 Å². The van der Waals surface area contributed by atoms with Crippen LogP contribution in [0.3, 0.4) is 0 Å². The Balaban J connectivity index is 1.63. The standard InChI is InChI=1S/C22H23F3N4O2S/c1-26-32(30,31)17-8-9-21-18(10-17)19(20-12-28(13-27-20)15-6-7-15)11-29(21)16-4-2-14(3-5-16)22(23,24)25/h4,8-15,26H,2-3,5-7H2,1H3. The minimum Gasteiger partial charge on any atom is -0.334 e. The summed E-state index contributed by atoms with van der Waals surface area (Å²) in [4.78, 5) is 4.66. The van der Waals surface area contributed by atoms with Gasteiger partial charge in [0.1, 0.15) is 0 Å². The zero-order valence-electron chi connectivity index (χ0n) is 17.4. The lowest BCUT2D eigenvalue weighted by atomic mass is 9.92. The van der Waals surface area contributed by atoms with E-state index in [9.17, 15) is 21.6 Å². The summed E-state index contributed by atoms with van der Waals surface area (Å²) < 4.78 is 70.3. The van der Waals surface area contributed by atoms with E-state index in [0.29, 0.717) is 23.5 Å². The molecule has 2 heterocycles. The van der Waals surface area contributed by atoms with Crippen LogP contribution in [0.2, 0.25) is 0 Å². The van der Waals surface area contributed by atoms with Gasteiger partial charge in [-0.05, 0) is 57.4 Å². The summed E-state index contributed by atoms with van der Waals surface area (Å²) >= 11 is 0. The van der Waals surface area contributed by atoms with E-state index >= 15 is 0 Å². The molecule has 1 unspecified atom stereocenters. The predicted octanol–water partition coefficient (Wildman–Crippen LogP) is 4.95. The van der Waals surface area contributed by atoms with Crippen LogP contribution in [0.4, 0.5) is 13.2 Å². The van der Waals surface area contributed by atoms with E-state index in [2.05, 4.69) is 14.3 Å². The Hall–Kier alpha value is -2.59. The SMILES string of the molecule is CNS(=O)(=O)c1ccc2c(c1)c(-c1cn(C3CC3)cn1)cn2C1=CCC(C(F)(F)F)CC1. The van der Waals surface area contributed by atoms with Crippen LogP contribution in [-0.2, 0) is 10.0 Å². The number of benzene rings is 1. The Kier molecular flexibility index (Phi) is 4.97. The average molecular weight is 465 g/mol. The third-order valence-electron chi connectivity index (χ3n) is 6.36. The molecule has 32 heavy (non-hydrogen) atoms. The summed E-state index contributed by atoms with van der Waals surface area (Å²) in [5.74, 6) is -1.32. The highest BCUT2D eigenvalue weighted by Crippen LogP contribution is 2.41. The molecule has 6 nitrogen and oxygen atoms in total. The summed E-state index contributed by atoms with van der Waals surface area (Å²) in [6, 6.07) is 5.27. The fourth-order valence-electron chi connectivity index (χ4n) is 4.32. The minimum atomic E-state index is -4.20. The van der Waals surface area contributed by atoms with E-state index in [1.807, 2.05) is 17.0 Å². The molecule has 1 fully saturated rings. The summed E-state index contributed by atoms with van der Waals surface area (Å²) in [5.41, 5.74) is 3.00. The summed E-state index contributed by atoms with van der Waals surface area (Å²) in [6.07, 6.45) is 5.52. The molecule has 1 saturated carbocycles. The van der Waals surface area contributed by atoms with Gasteiger partial charge in [0.2, 0.25) is 10.0 Å². The molecular weight excluding hydrogens is 441 g/mol. The first kappa shape index (κ1) is 21.3. The zero-order valence-corrected chi connectivity index (χ0v) is 18.2. The second-order valence-electron chi connectivity index (χ2n) is 8.44. The van der Waals surface area contributed by atoms with Gasteiger partial charge in [-0.2, -0.15) is 13.2 Å². The fourth-order valence-corrected chi connectivity index (χ4v) is 5.08. The van der Waals surface area contributed by atoms with Crippen molar-refractivity contribution in [3.63, 3.8) is 0 Å². The smallest absolute Gasteiger partial charge is 0.334 e. The van der Waals surface area contributed by atoms with E-state index < -0.39 is 22.1 Å². The second kappa shape index (κ2) is 7.48. The summed E-state index contributed by atoms with van der Waals surface area (Å²) in [7, 11) is -2.30. The van der Waals surface area contributed by atoms with Crippen LogP contribution >= 0.6 is 0 Å². The maximum Gasteiger partial charge on any atom is 0.392 e. The van der Waals surface area contributed by atoms with Gasteiger partial charge in [-0.1, -0.05) is 6.08 Å². The van der Waals surface area contributed by atoms with Gasteiger partial charge >= 0.3 is 6.18 Å². The molecule has 2 aliphatic rings. The third-order valence-corrected chi connectivity index (χ3v) is 7.77. The molecule has 1 aromatic carbocycles. The molecule has 0 bridgehead atoms. The normalized spacial score (nSPS) is 20.0. The number of fused-ring (bicyclic) bond motifs is 1. The lowest BCUT2D eigenvalue weighted by Crippen LogP contribution is -2.24. The molecule has 0 aliphatic heterocycles. The summed E-state index contributed by atoms with van der Waals surface area (Å²) in [5, 5.41) is 0.696. The summed E-state index contributed by atoms with van der Waals surface area (Å²) in [6.45, 7) is 0. The monoisotopic (exact) mass is 464 g/mol. The molecule has 5 rings (SSSR count). The molecule has 2 aromatic heterocycles. The molecule has 170 valence electrons. The lowest BCUT2D eigenvalue weighted by Gasteiger charge is -2.24. The number of aromatic nitrogens is 3. The van der Waals surface area contributed by atoms with Crippen molar-refractivity contribution in [2.45, 2.75) is 49.2 Å². The fraction of sp³-hybridized carbons (Fsp3) is 0.409. The zero-order chi connectivity index (χ0) is 22.7. The van der Waals surface area contributed by atoms with Crippen LogP contribution in [0.25, 0.3) is 27.9 Å². The molecule has 0 amide bonds. The van der Waals surface area contributed by atoms with Crippen molar-refractivity contribution in [1.82, 2.24) is 18.8 Å². The van der Waals surface area contributed by atoms with Crippen molar-refractivity contribution < 1.29 is 21.6 Å². The molecule has 2 aliphatic carbocycles. The van der Waals surface area contributed by atoms with Gasteiger partial charge in [-0.3, -0.25) is 0 Å². The highest BCUT2D eigenvalue weighted by Gasteiger charge is 2.40. The maximum atomic E-state index is 13.1. The number of halogens is 3. The van der Waals surface area contributed by atoms with Crippen molar-refractivity contribution in [2.75, 3.05) is 7.05 Å². The highest BCUT2D eigenvalue weighted by molar-refractivity contribution is 7.89. The Morgan fingerprint density at radius 3 is 2.56 bits per heavy atom. The van der Waals surface area contributed by atoms with Gasteiger partial charge in [0, 0.05) is 35.1 Å². The number of imidazole rings is 1. The number of sulfonamides is 1.